The molecule has 1 aliphatic rings. The number of carbonyl (C=O) groups excluding carboxylic acids is 1. The molecule has 0 spiro atoms. The van der Waals surface area contributed by atoms with Gasteiger partial charge in [-0.05, 0) is 24.3 Å². The maximum atomic E-state index is 12.6. The number of hydrogen-bond acceptors (Lipinski definition) is 4. The van der Waals surface area contributed by atoms with E-state index in [1.54, 1.807) is 7.11 Å². The molecule has 1 amide bonds. The SMILES string of the molecule is CCc1nccn1CCN1CCN(C(=O)c2ccc(OC)cc2)CC1. The minimum Gasteiger partial charge on any atom is -0.497 e. The van der Waals surface area contributed by atoms with E-state index in [2.05, 4.69) is 21.4 Å². The van der Waals surface area contributed by atoms with Gasteiger partial charge in [-0.15, -0.1) is 0 Å². The Morgan fingerprint density at radius 1 is 1.12 bits per heavy atom. The third-order valence-corrected chi connectivity index (χ3v) is 4.77. The average molecular weight is 342 g/mol. The van der Waals surface area contributed by atoms with Crippen LogP contribution in [0.5, 0.6) is 5.75 Å². The molecule has 1 saturated heterocycles. The van der Waals surface area contributed by atoms with Gasteiger partial charge in [0.25, 0.3) is 5.91 Å². The number of aromatic nitrogens is 2. The van der Waals surface area contributed by atoms with Crippen molar-refractivity contribution in [3.05, 3.63) is 48.0 Å². The van der Waals surface area contributed by atoms with Crippen LogP contribution in [-0.4, -0.2) is 65.1 Å². The number of hydrogen-bond donors (Lipinski definition) is 0. The summed E-state index contributed by atoms with van der Waals surface area (Å²) in [5, 5.41) is 0. The second-order valence-electron chi connectivity index (χ2n) is 6.25. The zero-order valence-electron chi connectivity index (χ0n) is 15.0. The fourth-order valence-corrected chi connectivity index (χ4v) is 3.20. The van der Waals surface area contributed by atoms with Crippen molar-refractivity contribution >= 4 is 5.91 Å². The number of amides is 1. The third kappa shape index (κ3) is 4.20. The van der Waals surface area contributed by atoms with Gasteiger partial charge in [-0.25, -0.2) is 4.98 Å². The fraction of sp³-hybridized carbons (Fsp3) is 0.474. The van der Waals surface area contributed by atoms with E-state index in [-0.39, 0.29) is 5.91 Å². The van der Waals surface area contributed by atoms with E-state index in [0.717, 1.165) is 62.8 Å². The third-order valence-electron chi connectivity index (χ3n) is 4.77. The largest absolute Gasteiger partial charge is 0.497 e. The van der Waals surface area contributed by atoms with Crippen molar-refractivity contribution in [2.75, 3.05) is 39.8 Å². The molecule has 25 heavy (non-hydrogen) atoms. The van der Waals surface area contributed by atoms with E-state index in [1.165, 1.54) is 0 Å². The molecule has 0 N–H and O–H groups in total. The van der Waals surface area contributed by atoms with Crippen LogP contribution >= 0.6 is 0 Å². The van der Waals surface area contributed by atoms with E-state index in [1.807, 2.05) is 41.6 Å². The van der Waals surface area contributed by atoms with Crippen LogP contribution in [0.2, 0.25) is 0 Å². The molecule has 134 valence electrons. The van der Waals surface area contributed by atoms with E-state index in [0.29, 0.717) is 0 Å². The number of methoxy groups -OCH3 is 1. The average Bonchev–Trinajstić information content (AvgIpc) is 3.14. The van der Waals surface area contributed by atoms with Crippen LogP contribution in [0, 0.1) is 0 Å². The predicted molar refractivity (Wildman–Crippen MR) is 96.9 cm³/mol. The highest BCUT2D eigenvalue weighted by Crippen LogP contribution is 2.14. The van der Waals surface area contributed by atoms with Crippen molar-refractivity contribution < 1.29 is 9.53 Å². The van der Waals surface area contributed by atoms with Crippen molar-refractivity contribution in [2.45, 2.75) is 19.9 Å². The second-order valence-corrected chi connectivity index (χ2v) is 6.25. The lowest BCUT2D eigenvalue weighted by molar-refractivity contribution is 0.0633. The standard InChI is InChI=1S/C19H26N4O2/c1-3-18-20-8-9-22(18)13-10-21-11-14-23(15-12-21)19(24)16-4-6-17(25-2)7-5-16/h4-9H,3,10-15H2,1-2H3. The van der Waals surface area contributed by atoms with Crippen LogP contribution in [0.25, 0.3) is 0 Å². The van der Waals surface area contributed by atoms with Crippen molar-refractivity contribution in [1.29, 1.82) is 0 Å². The molecule has 1 aliphatic heterocycles. The Bertz CT molecular complexity index is 688. The number of nitrogens with zero attached hydrogens (tertiary/aromatic N) is 4. The quantitative estimate of drug-likeness (QED) is 0.805. The van der Waals surface area contributed by atoms with Gasteiger partial charge >= 0.3 is 0 Å². The smallest absolute Gasteiger partial charge is 0.253 e. The molecule has 0 bridgehead atoms. The summed E-state index contributed by atoms with van der Waals surface area (Å²) >= 11 is 0. The first kappa shape index (κ1) is 17.5. The Labute approximate surface area is 149 Å². The van der Waals surface area contributed by atoms with Crippen molar-refractivity contribution in [1.82, 2.24) is 19.4 Å². The summed E-state index contributed by atoms with van der Waals surface area (Å²) in [6.07, 6.45) is 4.86. The summed E-state index contributed by atoms with van der Waals surface area (Å²) in [6.45, 7) is 7.45. The molecule has 0 saturated carbocycles. The Morgan fingerprint density at radius 3 is 2.48 bits per heavy atom. The van der Waals surface area contributed by atoms with Gasteiger partial charge < -0.3 is 14.2 Å². The monoisotopic (exact) mass is 342 g/mol. The first-order chi connectivity index (χ1) is 12.2. The number of aryl methyl sites for hydroxylation is 1. The van der Waals surface area contributed by atoms with Gasteiger partial charge in [0, 0.05) is 63.6 Å². The minimum atomic E-state index is 0.102. The molecule has 1 fully saturated rings. The lowest BCUT2D eigenvalue weighted by Crippen LogP contribution is -2.49. The van der Waals surface area contributed by atoms with Gasteiger partial charge in [0.05, 0.1) is 7.11 Å². The maximum Gasteiger partial charge on any atom is 0.253 e. The first-order valence-electron chi connectivity index (χ1n) is 8.87. The van der Waals surface area contributed by atoms with Gasteiger partial charge in [-0.2, -0.15) is 0 Å². The highest BCUT2D eigenvalue weighted by atomic mass is 16.5. The van der Waals surface area contributed by atoms with Crippen molar-refractivity contribution in [3.63, 3.8) is 0 Å². The van der Waals surface area contributed by atoms with Gasteiger partial charge in [-0.3, -0.25) is 9.69 Å². The molecule has 0 radical (unpaired) electrons. The van der Waals surface area contributed by atoms with E-state index < -0.39 is 0 Å². The normalized spacial score (nSPS) is 15.4. The van der Waals surface area contributed by atoms with Crippen LogP contribution in [0.1, 0.15) is 23.1 Å². The van der Waals surface area contributed by atoms with Gasteiger partial charge in [-0.1, -0.05) is 6.92 Å². The molecule has 6 heteroatoms. The summed E-state index contributed by atoms with van der Waals surface area (Å²) in [6, 6.07) is 7.33. The van der Waals surface area contributed by atoms with Crippen LogP contribution in [0.4, 0.5) is 0 Å². The van der Waals surface area contributed by atoms with Gasteiger partial charge in [0.2, 0.25) is 0 Å². The summed E-state index contributed by atoms with van der Waals surface area (Å²) in [7, 11) is 1.63. The Kier molecular flexibility index (Phi) is 5.71. The number of carbonyl (C=O) groups is 1. The van der Waals surface area contributed by atoms with E-state index in [4.69, 9.17) is 4.74 Å². The van der Waals surface area contributed by atoms with Crippen LogP contribution in [0.15, 0.2) is 36.7 Å². The second kappa shape index (κ2) is 8.16. The molecule has 6 nitrogen and oxygen atoms in total. The van der Waals surface area contributed by atoms with Crippen molar-refractivity contribution in [3.8, 4) is 5.75 Å². The highest BCUT2D eigenvalue weighted by molar-refractivity contribution is 5.94. The Hall–Kier alpha value is -2.34. The fourth-order valence-electron chi connectivity index (χ4n) is 3.20. The molecular formula is C19H26N4O2. The molecule has 1 aromatic heterocycles. The van der Waals surface area contributed by atoms with Crippen LogP contribution in [-0.2, 0) is 13.0 Å². The minimum absolute atomic E-state index is 0.102. The lowest BCUT2D eigenvalue weighted by Gasteiger charge is -2.34. The Balaban J connectivity index is 1.48. The zero-order chi connectivity index (χ0) is 17.6. The van der Waals surface area contributed by atoms with E-state index >= 15 is 0 Å². The van der Waals surface area contributed by atoms with Crippen LogP contribution < -0.4 is 4.74 Å². The number of piperazine rings is 1. The van der Waals surface area contributed by atoms with Gasteiger partial charge in [0.15, 0.2) is 0 Å². The molecule has 0 unspecified atom stereocenters. The first-order valence-corrected chi connectivity index (χ1v) is 8.87. The van der Waals surface area contributed by atoms with E-state index in [9.17, 15) is 4.79 Å². The Morgan fingerprint density at radius 2 is 1.84 bits per heavy atom. The molecule has 2 aromatic rings. The number of ether oxygens (including phenoxy) is 1. The lowest BCUT2D eigenvalue weighted by atomic mass is 10.1. The number of imidazole rings is 1. The van der Waals surface area contributed by atoms with Crippen LogP contribution in [0.3, 0.4) is 0 Å². The number of rotatable bonds is 6. The summed E-state index contributed by atoms with van der Waals surface area (Å²) < 4.78 is 7.36. The summed E-state index contributed by atoms with van der Waals surface area (Å²) in [4.78, 5) is 21.3. The maximum absolute atomic E-state index is 12.6. The molecule has 1 aromatic carbocycles. The van der Waals surface area contributed by atoms with Crippen molar-refractivity contribution in [2.24, 2.45) is 0 Å². The topological polar surface area (TPSA) is 50.6 Å². The number of benzene rings is 1. The molecular weight excluding hydrogens is 316 g/mol. The predicted octanol–water partition coefficient (Wildman–Crippen LogP) is 1.91. The summed E-state index contributed by atoms with van der Waals surface area (Å²) in [5.74, 6) is 2.01. The molecule has 2 heterocycles. The molecule has 0 aliphatic carbocycles. The molecule has 0 atom stereocenters. The molecule has 3 rings (SSSR count). The zero-order valence-corrected chi connectivity index (χ0v) is 15.0. The summed E-state index contributed by atoms with van der Waals surface area (Å²) in [5.41, 5.74) is 0.722. The highest BCUT2D eigenvalue weighted by Gasteiger charge is 2.22. The van der Waals surface area contributed by atoms with Gasteiger partial charge in [0.1, 0.15) is 11.6 Å².